The van der Waals surface area contributed by atoms with Gasteiger partial charge in [0, 0.05) is 9.50 Å². The molecule has 6 heteroatoms. The summed E-state index contributed by atoms with van der Waals surface area (Å²) in [6.07, 6.45) is 0. The van der Waals surface area contributed by atoms with Crippen LogP contribution in [0.25, 0.3) is 0 Å². The fourth-order valence-corrected chi connectivity index (χ4v) is 2.70. The highest BCUT2D eigenvalue weighted by molar-refractivity contribution is 9.10. The molecule has 1 unspecified atom stereocenters. The van der Waals surface area contributed by atoms with Crippen molar-refractivity contribution in [2.24, 2.45) is 0 Å². The Bertz CT molecular complexity index is 649. The Morgan fingerprint density at radius 2 is 1.75 bits per heavy atom. The molecule has 0 aliphatic carbocycles. The van der Waals surface area contributed by atoms with E-state index in [1.165, 1.54) is 18.2 Å². The second-order valence-corrected chi connectivity index (χ2v) is 6.01. The zero-order chi connectivity index (χ0) is 14.9. The molecule has 0 saturated carbocycles. The van der Waals surface area contributed by atoms with Gasteiger partial charge in [0.2, 0.25) is 0 Å². The molecule has 0 saturated heterocycles. The van der Waals surface area contributed by atoms with Crippen LogP contribution in [0.3, 0.4) is 0 Å². The van der Waals surface area contributed by atoms with Gasteiger partial charge in [0.25, 0.3) is 0 Å². The van der Waals surface area contributed by atoms with Crippen molar-refractivity contribution in [2.75, 3.05) is 5.32 Å². The monoisotopic (exact) mass is 379 g/mol. The molecule has 0 spiro atoms. The van der Waals surface area contributed by atoms with Gasteiger partial charge in [0.15, 0.2) is 0 Å². The summed E-state index contributed by atoms with van der Waals surface area (Å²) in [6, 6.07) is 6.75. The van der Waals surface area contributed by atoms with Gasteiger partial charge in [-0.3, -0.25) is 0 Å². The molecule has 2 aromatic rings. The summed E-state index contributed by atoms with van der Waals surface area (Å²) in [6.45, 7) is 1.76. The van der Waals surface area contributed by atoms with E-state index in [1.54, 1.807) is 19.1 Å². The van der Waals surface area contributed by atoms with Crippen LogP contribution < -0.4 is 5.32 Å². The Morgan fingerprint density at radius 1 is 1.05 bits per heavy atom. The predicted octanol–water partition coefficient (Wildman–Crippen LogP) is 6.21. The van der Waals surface area contributed by atoms with E-state index in [0.717, 1.165) is 4.47 Å². The van der Waals surface area contributed by atoms with Crippen molar-refractivity contribution >= 4 is 44.8 Å². The number of rotatable bonds is 3. The minimum Gasteiger partial charge on any atom is -0.376 e. The highest BCUT2D eigenvalue weighted by atomic mass is 79.9. The van der Waals surface area contributed by atoms with E-state index in [-0.39, 0.29) is 11.1 Å². The lowest BCUT2D eigenvalue weighted by Gasteiger charge is -2.18. The molecular weight excluding hydrogens is 371 g/mol. The van der Waals surface area contributed by atoms with Gasteiger partial charge in [-0.25, -0.2) is 8.78 Å². The van der Waals surface area contributed by atoms with Crippen LogP contribution in [0, 0.1) is 11.6 Å². The zero-order valence-electron chi connectivity index (χ0n) is 10.4. The molecule has 0 heterocycles. The van der Waals surface area contributed by atoms with Crippen LogP contribution in [0.2, 0.25) is 10.0 Å². The molecule has 0 fully saturated rings. The van der Waals surface area contributed by atoms with Crippen molar-refractivity contribution in [1.29, 1.82) is 0 Å². The molecule has 0 aliphatic heterocycles. The summed E-state index contributed by atoms with van der Waals surface area (Å²) < 4.78 is 27.9. The zero-order valence-corrected chi connectivity index (χ0v) is 13.5. The Hall–Kier alpha value is -0.840. The summed E-state index contributed by atoms with van der Waals surface area (Å²) in [5.74, 6) is -0.958. The molecule has 0 radical (unpaired) electrons. The van der Waals surface area contributed by atoms with Crippen molar-refractivity contribution < 1.29 is 8.78 Å². The number of halogens is 5. The maximum Gasteiger partial charge on any atom is 0.146 e. The van der Waals surface area contributed by atoms with Crippen molar-refractivity contribution in [3.63, 3.8) is 0 Å². The average Bonchev–Trinajstić information content (AvgIpc) is 2.38. The van der Waals surface area contributed by atoms with Gasteiger partial charge in [0.1, 0.15) is 11.6 Å². The molecule has 0 aliphatic rings. The Balaban J connectivity index is 2.30. The van der Waals surface area contributed by atoms with E-state index in [4.69, 9.17) is 23.2 Å². The normalized spacial score (nSPS) is 12.3. The Kier molecular flexibility index (Phi) is 4.89. The van der Waals surface area contributed by atoms with Gasteiger partial charge in [-0.05, 0) is 42.8 Å². The molecule has 2 rings (SSSR count). The molecule has 2 aromatic carbocycles. The van der Waals surface area contributed by atoms with Crippen molar-refractivity contribution in [2.45, 2.75) is 13.0 Å². The van der Waals surface area contributed by atoms with Crippen LogP contribution >= 0.6 is 39.1 Å². The first-order valence-corrected chi connectivity index (χ1v) is 7.29. The fourth-order valence-electron chi connectivity index (χ4n) is 1.79. The van der Waals surface area contributed by atoms with Crippen LogP contribution in [0.1, 0.15) is 18.5 Å². The molecule has 0 bridgehead atoms. The lowest BCUT2D eigenvalue weighted by Crippen LogP contribution is -2.09. The predicted molar refractivity (Wildman–Crippen MR) is 82.6 cm³/mol. The second-order valence-electron chi connectivity index (χ2n) is 4.28. The van der Waals surface area contributed by atoms with Crippen LogP contribution in [0.4, 0.5) is 14.5 Å². The van der Waals surface area contributed by atoms with Gasteiger partial charge in [-0.2, -0.15) is 0 Å². The highest BCUT2D eigenvalue weighted by Gasteiger charge is 2.15. The first-order chi connectivity index (χ1) is 9.38. The van der Waals surface area contributed by atoms with Gasteiger partial charge in [-0.15, -0.1) is 0 Å². The summed E-state index contributed by atoms with van der Waals surface area (Å²) in [4.78, 5) is 0. The summed E-state index contributed by atoms with van der Waals surface area (Å²) in [5.41, 5.74) is 0.811. The van der Waals surface area contributed by atoms with Crippen molar-refractivity contribution in [1.82, 2.24) is 0 Å². The number of benzene rings is 2. The van der Waals surface area contributed by atoms with E-state index in [0.29, 0.717) is 16.3 Å². The van der Waals surface area contributed by atoms with E-state index in [1.807, 2.05) is 0 Å². The van der Waals surface area contributed by atoms with E-state index < -0.39 is 11.6 Å². The quantitative estimate of drug-likeness (QED) is 0.624. The number of anilines is 1. The van der Waals surface area contributed by atoms with Crippen molar-refractivity contribution in [3.8, 4) is 0 Å². The Labute approximate surface area is 134 Å². The standard InChI is InChI=1S/C14H10BrCl2F2N/c1-7(9-5-13(19)11(17)6-10(9)16)20-14-4-8(15)2-3-12(14)18/h2-7,20H,1H3. The smallest absolute Gasteiger partial charge is 0.146 e. The summed E-state index contributed by atoms with van der Waals surface area (Å²) in [7, 11) is 0. The summed E-state index contributed by atoms with van der Waals surface area (Å²) >= 11 is 15.0. The molecular formula is C14H10BrCl2F2N. The maximum absolute atomic E-state index is 13.7. The third kappa shape index (κ3) is 3.43. The topological polar surface area (TPSA) is 12.0 Å². The minimum atomic E-state index is -0.561. The summed E-state index contributed by atoms with van der Waals surface area (Å²) in [5, 5.41) is 3.24. The lowest BCUT2D eigenvalue weighted by atomic mass is 10.1. The third-order valence-electron chi connectivity index (χ3n) is 2.81. The lowest BCUT2D eigenvalue weighted by molar-refractivity contribution is 0.621. The van der Waals surface area contributed by atoms with Gasteiger partial charge in [0.05, 0.1) is 16.8 Å². The largest absolute Gasteiger partial charge is 0.376 e. The number of hydrogen-bond donors (Lipinski definition) is 1. The highest BCUT2D eigenvalue weighted by Crippen LogP contribution is 2.31. The number of nitrogens with one attached hydrogen (secondary N) is 1. The third-order valence-corrected chi connectivity index (χ3v) is 3.92. The molecule has 106 valence electrons. The van der Waals surface area contributed by atoms with Crippen LogP contribution in [-0.2, 0) is 0 Å². The van der Waals surface area contributed by atoms with E-state index in [9.17, 15) is 8.78 Å². The molecule has 0 amide bonds. The van der Waals surface area contributed by atoms with Crippen LogP contribution in [0.15, 0.2) is 34.8 Å². The first-order valence-electron chi connectivity index (χ1n) is 5.74. The van der Waals surface area contributed by atoms with Gasteiger partial charge >= 0.3 is 0 Å². The SMILES string of the molecule is CC(Nc1cc(Br)ccc1F)c1cc(F)c(Cl)cc1Cl. The van der Waals surface area contributed by atoms with Crippen LogP contribution in [0.5, 0.6) is 0 Å². The fraction of sp³-hybridized carbons (Fsp3) is 0.143. The van der Waals surface area contributed by atoms with Gasteiger partial charge < -0.3 is 5.32 Å². The van der Waals surface area contributed by atoms with Crippen molar-refractivity contribution in [3.05, 3.63) is 62.0 Å². The van der Waals surface area contributed by atoms with Gasteiger partial charge in [-0.1, -0.05) is 39.1 Å². The number of hydrogen-bond acceptors (Lipinski definition) is 1. The Morgan fingerprint density at radius 3 is 2.45 bits per heavy atom. The molecule has 1 N–H and O–H groups in total. The second kappa shape index (κ2) is 6.29. The van der Waals surface area contributed by atoms with E-state index in [2.05, 4.69) is 21.2 Å². The van der Waals surface area contributed by atoms with E-state index >= 15 is 0 Å². The maximum atomic E-state index is 13.7. The molecule has 20 heavy (non-hydrogen) atoms. The molecule has 1 nitrogen and oxygen atoms in total. The van der Waals surface area contributed by atoms with Crippen LogP contribution in [-0.4, -0.2) is 0 Å². The molecule has 1 atom stereocenters. The minimum absolute atomic E-state index is 0.0420. The average molecular weight is 381 g/mol. The first kappa shape index (κ1) is 15.5. The molecule has 0 aromatic heterocycles.